The number of aromatic nitrogens is 2. The molecular weight excluding hydrogens is 348 g/mol. The highest BCUT2D eigenvalue weighted by molar-refractivity contribution is 9.10. The fourth-order valence-corrected chi connectivity index (χ4v) is 3.09. The third kappa shape index (κ3) is 4.46. The highest BCUT2D eigenvalue weighted by Crippen LogP contribution is 2.20. The van der Waals surface area contributed by atoms with Crippen LogP contribution < -0.4 is 0 Å². The van der Waals surface area contributed by atoms with Crippen molar-refractivity contribution in [2.75, 3.05) is 19.6 Å². The smallest absolute Gasteiger partial charge is 0.410 e. The molecule has 6 nitrogen and oxygen atoms in total. The first kappa shape index (κ1) is 17.3. The van der Waals surface area contributed by atoms with Gasteiger partial charge in [0.15, 0.2) is 0 Å². The van der Waals surface area contributed by atoms with E-state index in [1.807, 2.05) is 38.9 Å². The predicted octanol–water partition coefficient (Wildman–Crippen LogP) is 2.62. The summed E-state index contributed by atoms with van der Waals surface area (Å²) in [6.45, 7) is 10.9. The van der Waals surface area contributed by atoms with Gasteiger partial charge in [-0.1, -0.05) is 0 Å². The number of hydrogen-bond acceptors (Lipinski definition) is 4. The number of halogens is 1. The molecule has 0 bridgehead atoms. The van der Waals surface area contributed by atoms with Crippen LogP contribution >= 0.6 is 15.9 Å². The lowest BCUT2D eigenvalue weighted by molar-refractivity contribution is 0.000403. The van der Waals surface area contributed by atoms with Crippen molar-refractivity contribution in [3.05, 3.63) is 16.4 Å². The summed E-state index contributed by atoms with van der Waals surface area (Å²) in [5.41, 5.74) is 0.577. The van der Waals surface area contributed by atoms with Gasteiger partial charge in [-0.2, -0.15) is 5.10 Å². The summed E-state index contributed by atoms with van der Waals surface area (Å²) < 4.78 is 8.30. The molecule has 1 amide bonds. The molecule has 1 aliphatic rings. The van der Waals surface area contributed by atoms with Gasteiger partial charge in [-0.05, 0) is 43.6 Å². The van der Waals surface area contributed by atoms with Crippen LogP contribution in [-0.4, -0.2) is 57.0 Å². The molecule has 0 aliphatic carbocycles. The monoisotopic (exact) mass is 372 g/mol. The van der Waals surface area contributed by atoms with Crippen molar-refractivity contribution in [3.63, 3.8) is 0 Å². The van der Waals surface area contributed by atoms with Crippen LogP contribution in [0, 0.1) is 0 Å². The van der Waals surface area contributed by atoms with Gasteiger partial charge in [0.25, 0.3) is 0 Å². The van der Waals surface area contributed by atoms with Crippen molar-refractivity contribution >= 4 is 22.0 Å². The van der Waals surface area contributed by atoms with Crippen LogP contribution in [0.5, 0.6) is 0 Å². The van der Waals surface area contributed by atoms with Crippen LogP contribution in [0.4, 0.5) is 4.79 Å². The number of amides is 1. The standard InChI is InChI=1S/C15H25BrN4O2/c1-11-8-19(10-13-12(16)9-18(5)17-13)6-7-20(11)14(21)22-15(2,3)4/h9,11H,6-8,10H2,1-5H3. The molecule has 124 valence electrons. The van der Waals surface area contributed by atoms with Crippen molar-refractivity contribution in [2.24, 2.45) is 7.05 Å². The molecule has 2 heterocycles. The first-order chi connectivity index (χ1) is 10.2. The fraction of sp³-hybridized carbons (Fsp3) is 0.733. The molecule has 0 radical (unpaired) electrons. The molecule has 1 unspecified atom stereocenters. The number of hydrogen-bond donors (Lipinski definition) is 0. The van der Waals surface area contributed by atoms with Crippen LogP contribution in [-0.2, 0) is 18.3 Å². The van der Waals surface area contributed by atoms with Gasteiger partial charge in [-0.25, -0.2) is 4.79 Å². The largest absolute Gasteiger partial charge is 0.444 e. The number of nitrogens with zero attached hydrogens (tertiary/aromatic N) is 4. The van der Waals surface area contributed by atoms with Crippen LogP contribution in [0.2, 0.25) is 0 Å². The molecule has 7 heteroatoms. The molecule has 0 aromatic carbocycles. The van der Waals surface area contributed by atoms with Gasteiger partial charge in [0.2, 0.25) is 0 Å². The van der Waals surface area contributed by atoms with Gasteiger partial charge in [0.1, 0.15) is 5.60 Å². The Morgan fingerprint density at radius 2 is 2.14 bits per heavy atom. The van der Waals surface area contributed by atoms with E-state index in [2.05, 4.69) is 32.9 Å². The first-order valence-electron chi connectivity index (χ1n) is 7.55. The molecule has 0 saturated carbocycles. The van der Waals surface area contributed by atoms with E-state index in [0.29, 0.717) is 6.54 Å². The summed E-state index contributed by atoms with van der Waals surface area (Å²) in [7, 11) is 1.91. The zero-order valence-corrected chi connectivity index (χ0v) is 15.6. The number of piperazine rings is 1. The molecule has 1 fully saturated rings. The normalized spacial score (nSPS) is 20.3. The third-order valence-electron chi connectivity index (χ3n) is 3.57. The van der Waals surface area contributed by atoms with Gasteiger partial charge < -0.3 is 9.64 Å². The van der Waals surface area contributed by atoms with Gasteiger partial charge in [0.05, 0.1) is 10.2 Å². The highest BCUT2D eigenvalue weighted by atomic mass is 79.9. The summed E-state index contributed by atoms with van der Waals surface area (Å²) in [4.78, 5) is 16.3. The Labute approximate surface area is 140 Å². The van der Waals surface area contributed by atoms with E-state index in [0.717, 1.165) is 29.8 Å². The first-order valence-corrected chi connectivity index (χ1v) is 8.35. The Hall–Kier alpha value is -1.08. The van der Waals surface area contributed by atoms with E-state index in [4.69, 9.17) is 4.74 Å². The van der Waals surface area contributed by atoms with Gasteiger partial charge in [0, 0.05) is 45.5 Å². The highest BCUT2D eigenvalue weighted by Gasteiger charge is 2.31. The molecule has 0 N–H and O–H groups in total. The van der Waals surface area contributed by atoms with E-state index >= 15 is 0 Å². The molecule has 1 aromatic heterocycles. The SMILES string of the molecule is CC1CN(Cc2nn(C)cc2Br)CCN1C(=O)OC(C)(C)C. The number of aryl methyl sites for hydroxylation is 1. The Balaban J connectivity index is 1.92. The molecule has 2 rings (SSSR count). The van der Waals surface area contributed by atoms with Crippen molar-refractivity contribution in [2.45, 2.75) is 45.9 Å². The van der Waals surface area contributed by atoms with E-state index < -0.39 is 5.60 Å². The Bertz CT molecular complexity index is 538. The average Bonchev–Trinajstić information content (AvgIpc) is 2.65. The van der Waals surface area contributed by atoms with E-state index in [1.54, 1.807) is 4.68 Å². The van der Waals surface area contributed by atoms with Crippen LogP contribution in [0.25, 0.3) is 0 Å². The average molecular weight is 373 g/mol. The summed E-state index contributed by atoms with van der Waals surface area (Å²) in [6, 6.07) is 0.131. The molecule has 1 aromatic rings. The molecule has 1 atom stereocenters. The zero-order chi connectivity index (χ0) is 16.5. The quantitative estimate of drug-likeness (QED) is 0.800. The molecular formula is C15H25BrN4O2. The molecule has 0 spiro atoms. The molecule has 1 saturated heterocycles. The van der Waals surface area contributed by atoms with Gasteiger partial charge in [-0.15, -0.1) is 0 Å². The Kier molecular flexibility index (Phi) is 5.17. The third-order valence-corrected chi connectivity index (χ3v) is 4.23. The summed E-state index contributed by atoms with van der Waals surface area (Å²) >= 11 is 3.53. The fourth-order valence-electron chi connectivity index (χ4n) is 2.59. The van der Waals surface area contributed by atoms with E-state index in [-0.39, 0.29) is 12.1 Å². The topological polar surface area (TPSA) is 50.6 Å². The van der Waals surface area contributed by atoms with Crippen LogP contribution in [0.15, 0.2) is 10.7 Å². The van der Waals surface area contributed by atoms with E-state index in [9.17, 15) is 4.79 Å². The molecule has 22 heavy (non-hydrogen) atoms. The lowest BCUT2D eigenvalue weighted by atomic mass is 10.2. The predicted molar refractivity (Wildman–Crippen MR) is 88.6 cm³/mol. The minimum atomic E-state index is -0.452. The number of carbonyl (C=O) groups is 1. The number of carbonyl (C=O) groups excluding carboxylic acids is 1. The number of rotatable bonds is 2. The lowest BCUT2D eigenvalue weighted by Gasteiger charge is -2.40. The van der Waals surface area contributed by atoms with Crippen molar-refractivity contribution < 1.29 is 9.53 Å². The maximum atomic E-state index is 12.2. The maximum absolute atomic E-state index is 12.2. The van der Waals surface area contributed by atoms with Crippen molar-refractivity contribution in [3.8, 4) is 0 Å². The maximum Gasteiger partial charge on any atom is 0.410 e. The van der Waals surface area contributed by atoms with Crippen molar-refractivity contribution in [1.29, 1.82) is 0 Å². The van der Waals surface area contributed by atoms with Crippen molar-refractivity contribution in [1.82, 2.24) is 19.6 Å². The second kappa shape index (κ2) is 6.58. The minimum absolute atomic E-state index is 0.131. The Morgan fingerprint density at radius 1 is 1.45 bits per heavy atom. The number of ether oxygens (including phenoxy) is 1. The minimum Gasteiger partial charge on any atom is -0.444 e. The van der Waals surface area contributed by atoms with Gasteiger partial charge >= 0.3 is 6.09 Å². The second-order valence-corrected chi connectivity index (χ2v) is 7.71. The summed E-state index contributed by atoms with van der Waals surface area (Å²) in [6.07, 6.45) is 1.73. The van der Waals surface area contributed by atoms with E-state index in [1.165, 1.54) is 0 Å². The summed E-state index contributed by atoms with van der Waals surface area (Å²) in [5.74, 6) is 0. The lowest BCUT2D eigenvalue weighted by Crippen LogP contribution is -2.54. The summed E-state index contributed by atoms with van der Waals surface area (Å²) in [5, 5.41) is 4.45. The zero-order valence-electron chi connectivity index (χ0n) is 14.0. The van der Waals surface area contributed by atoms with Crippen LogP contribution in [0.3, 0.4) is 0 Å². The second-order valence-electron chi connectivity index (χ2n) is 6.86. The Morgan fingerprint density at radius 3 is 2.64 bits per heavy atom. The molecule has 1 aliphatic heterocycles. The van der Waals surface area contributed by atoms with Gasteiger partial charge in [-0.3, -0.25) is 9.58 Å². The van der Waals surface area contributed by atoms with Crippen LogP contribution in [0.1, 0.15) is 33.4 Å².